The second-order valence-electron chi connectivity index (χ2n) is 4.05. The molecule has 1 aromatic carbocycles. The first kappa shape index (κ1) is 11.8. The number of benzene rings is 1. The van der Waals surface area contributed by atoms with E-state index in [9.17, 15) is 0 Å². The molecule has 0 bridgehead atoms. The van der Waals surface area contributed by atoms with E-state index in [-0.39, 0.29) is 0 Å². The fourth-order valence-corrected chi connectivity index (χ4v) is 2.27. The van der Waals surface area contributed by atoms with E-state index in [1.165, 1.54) is 0 Å². The zero-order valence-electron chi connectivity index (χ0n) is 10.1. The van der Waals surface area contributed by atoms with Crippen LogP contribution in [0, 0.1) is 0 Å². The smallest absolute Gasteiger partial charge is 0.213 e. The molecule has 19 heavy (non-hydrogen) atoms. The number of fused-ring (bicyclic) bond motifs is 1. The number of ether oxygens (including phenoxy) is 1. The number of methoxy groups -OCH3 is 1. The van der Waals surface area contributed by atoms with Gasteiger partial charge in [-0.1, -0.05) is 11.6 Å². The van der Waals surface area contributed by atoms with Gasteiger partial charge in [0.25, 0.3) is 0 Å². The minimum atomic E-state index is 0.430. The number of anilines is 1. The molecule has 3 aromatic rings. The molecule has 3 rings (SSSR count). The first-order valence-electron chi connectivity index (χ1n) is 5.63. The maximum Gasteiger partial charge on any atom is 0.213 e. The van der Waals surface area contributed by atoms with Gasteiger partial charge in [0, 0.05) is 23.1 Å². The van der Waals surface area contributed by atoms with Crippen molar-refractivity contribution < 1.29 is 4.74 Å². The molecule has 0 aliphatic carbocycles. The number of nitrogen functional groups attached to an aromatic ring is 1. The Hall–Kier alpha value is -2.27. The summed E-state index contributed by atoms with van der Waals surface area (Å²) in [6, 6.07) is 9.16. The summed E-state index contributed by atoms with van der Waals surface area (Å²) in [7, 11) is 1.58. The van der Waals surface area contributed by atoms with Crippen molar-refractivity contribution in [2.24, 2.45) is 0 Å². The van der Waals surface area contributed by atoms with Crippen molar-refractivity contribution >= 4 is 28.3 Å². The van der Waals surface area contributed by atoms with Gasteiger partial charge in [0.2, 0.25) is 5.88 Å². The Labute approximate surface area is 114 Å². The van der Waals surface area contributed by atoms with Gasteiger partial charge in [-0.15, -0.1) is 0 Å². The minimum absolute atomic E-state index is 0.430. The Kier molecular flexibility index (Phi) is 2.76. The molecule has 6 heteroatoms. The van der Waals surface area contributed by atoms with Crippen LogP contribution >= 0.6 is 11.6 Å². The number of halogens is 1. The largest absolute Gasteiger partial charge is 0.481 e. The number of rotatable bonds is 2. The summed E-state index contributed by atoms with van der Waals surface area (Å²) in [5.41, 5.74) is 8.00. The maximum absolute atomic E-state index is 6.41. The lowest BCUT2D eigenvalue weighted by Gasteiger charge is -2.06. The minimum Gasteiger partial charge on any atom is -0.481 e. The van der Waals surface area contributed by atoms with Crippen molar-refractivity contribution in [1.82, 2.24) is 15.2 Å². The van der Waals surface area contributed by atoms with Gasteiger partial charge >= 0.3 is 0 Å². The highest BCUT2D eigenvalue weighted by Crippen LogP contribution is 2.34. The number of hydrogen-bond donors (Lipinski definition) is 2. The molecule has 0 radical (unpaired) electrons. The van der Waals surface area contributed by atoms with E-state index in [1.807, 2.05) is 18.2 Å². The summed E-state index contributed by atoms with van der Waals surface area (Å²) < 4.78 is 5.09. The molecule has 0 fully saturated rings. The summed E-state index contributed by atoms with van der Waals surface area (Å²) in [6.07, 6.45) is 0. The van der Waals surface area contributed by atoms with E-state index in [4.69, 9.17) is 22.1 Å². The van der Waals surface area contributed by atoms with Crippen molar-refractivity contribution in [3.05, 3.63) is 35.4 Å². The monoisotopic (exact) mass is 274 g/mol. The molecule has 0 saturated carbocycles. The Morgan fingerprint density at radius 1 is 1.26 bits per heavy atom. The summed E-state index contributed by atoms with van der Waals surface area (Å²) in [5, 5.41) is 8.21. The lowest BCUT2D eigenvalue weighted by atomic mass is 10.1. The highest BCUT2D eigenvalue weighted by Gasteiger charge is 2.11. The van der Waals surface area contributed by atoms with E-state index in [2.05, 4.69) is 15.2 Å². The lowest BCUT2D eigenvalue weighted by molar-refractivity contribution is 0.399. The van der Waals surface area contributed by atoms with Crippen LogP contribution in [0.5, 0.6) is 5.88 Å². The van der Waals surface area contributed by atoms with Crippen LogP contribution in [0.25, 0.3) is 22.2 Å². The van der Waals surface area contributed by atoms with Crippen LogP contribution in [0.1, 0.15) is 0 Å². The molecule has 2 heterocycles. The number of aromatic amines is 1. The molecular formula is C13H11ClN4O. The molecule has 0 aliphatic rings. The van der Waals surface area contributed by atoms with Crippen LogP contribution in [0.15, 0.2) is 30.3 Å². The highest BCUT2D eigenvalue weighted by molar-refractivity contribution is 6.38. The van der Waals surface area contributed by atoms with Gasteiger partial charge in [-0.25, -0.2) is 4.98 Å². The second-order valence-corrected chi connectivity index (χ2v) is 4.43. The Morgan fingerprint density at radius 3 is 2.79 bits per heavy atom. The highest BCUT2D eigenvalue weighted by atomic mass is 35.5. The van der Waals surface area contributed by atoms with Gasteiger partial charge < -0.3 is 10.5 Å². The quantitative estimate of drug-likeness (QED) is 0.753. The van der Waals surface area contributed by atoms with Crippen molar-refractivity contribution in [2.75, 3.05) is 12.8 Å². The molecule has 2 aromatic heterocycles. The fourth-order valence-electron chi connectivity index (χ4n) is 1.95. The summed E-state index contributed by atoms with van der Waals surface area (Å²) in [6.45, 7) is 0. The number of nitrogens with one attached hydrogen (secondary N) is 1. The molecular weight excluding hydrogens is 264 g/mol. The van der Waals surface area contributed by atoms with Gasteiger partial charge in [-0.3, -0.25) is 5.10 Å². The number of nitrogens with zero attached hydrogens (tertiary/aromatic N) is 2. The molecule has 0 saturated heterocycles. The summed E-state index contributed by atoms with van der Waals surface area (Å²) in [4.78, 5) is 4.34. The van der Waals surface area contributed by atoms with E-state index in [0.29, 0.717) is 16.7 Å². The van der Waals surface area contributed by atoms with Gasteiger partial charge in [-0.05, 0) is 18.2 Å². The van der Waals surface area contributed by atoms with Crippen LogP contribution in [0.4, 0.5) is 5.82 Å². The molecule has 0 atom stereocenters. The fraction of sp³-hybridized carbons (Fsp3) is 0.0769. The Morgan fingerprint density at radius 2 is 2.11 bits per heavy atom. The topological polar surface area (TPSA) is 76.8 Å². The molecule has 0 aliphatic heterocycles. The number of hydrogen-bond acceptors (Lipinski definition) is 4. The van der Waals surface area contributed by atoms with Crippen molar-refractivity contribution in [2.45, 2.75) is 0 Å². The predicted molar refractivity (Wildman–Crippen MR) is 75.3 cm³/mol. The Bertz CT molecular complexity index is 753. The van der Waals surface area contributed by atoms with Gasteiger partial charge in [0.1, 0.15) is 5.82 Å². The normalized spacial score (nSPS) is 10.8. The van der Waals surface area contributed by atoms with Gasteiger partial charge in [-0.2, -0.15) is 5.10 Å². The van der Waals surface area contributed by atoms with E-state index >= 15 is 0 Å². The van der Waals surface area contributed by atoms with Crippen molar-refractivity contribution in [1.29, 1.82) is 0 Å². The van der Waals surface area contributed by atoms with E-state index in [0.717, 1.165) is 22.2 Å². The third kappa shape index (κ3) is 1.98. The van der Waals surface area contributed by atoms with Crippen LogP contribution < -0.4 is 10.5 Å². The standard InChI is InChI=1S/C13H11ClN4O/c1-19-12-5-3-7-9(16-12)4-2-8(13(7)14)10-6-11(15)18-17-10/h2-6H,1H3,(H3,15,17,18). The van der Waals surface area contributed by atoms with Crippen molar-refractivity contribution in [3.8, 4) is 17.1 Å². The average Bonchev–Trinajstić information content (AvgIpc) is 2.85. The first-order chi connectivity index (χ1) is 9.19. The number of H-pyrrole nitrogens is 1. The zero-order chi connectivity index (χ0) is 13.4. The number of aromatic nitrogens is 3. The maximum atomic E-state index is 6.41. The molecule has 0 unspecified atom stereocenters. The SMILES string of the molecule is COc1ccc2c(Cl)c(-c3cc(N)n[nH]3)ccc2n1. The first-order valence-corrected chi connectivity index (χ1v) is 6.01. The average molecular weight is 275 g/mol. The number of nitrogens with two attached hydrogens (primary N) is 1. The van der Waals surface area contributed by atoms with Crippen molar-refractivity contribution in [3.63, 3.8) is 0 Å². The lowest BCUT2D eigenvalue weighted by Crippen LogP contribution is -1.89. The van der Waals surface area contributed by atoms with E-state index < -0.39 is 0 Å². The number of pyridine rings is 1. The molecule has 0 amide bonds. The van der Waals surface area contributed by atoms with Crippen LogP contribution in [0.3, 0.4) is 0 Å². The Balaban J connectivity index is 2.21. The second kappa shape index (κ2) is 4.44. The molecule has 3 N–H and O–H groups in total. The third-order valence-corrected chi connectivity index (χ3v) is 3.28. The molecule has 5 nitrogen and oxygen atoms in total. The summed E-state index contributed by atoms with van der Waals surface area (Å²) in [5.74, 6) is 0.987. The van der Waals surface area contributed by atoms with E-state index in [1.54, 1.807) is 19.2 Å². The zero-order valence-corrected chi connectivity index (χ0v) is 10.9. The van der Waals surface area contributed by atoms with Crippen LogP contribution in [0.2, 0.25) is 5.02 Å². The van der Waals surface area contributed by atoms with Crippen LogP contribution in [-0.4, -0.2) is 22.3 Å². The van der Waals surface area contributed by atoms with Crippen LogP contribution in [-0.2, 0) is 0 Å². The summed E-state index contributed by atoms with van der Waals surface area (Å²) >= 11 is 6.41. The van der Waals surface area contributed by atoms with Gasteiger partial charge in [0.05, 0.1) is 23.3 Å². The predicted octanol–water partition coefficient (Wildman–Crippen LogP) is 2.87. The van der Waals surface area contributed by atoms with Gasteiger partial charge in [0.15, 0.2) is 0 Å². The third-order valence-electron chi connectivity index (χ3n) is 2.88. The molecule has 0 spiro atoms. The molecule has 96 valence electrons.